The van der Waals surface area contributed by atoms with E-state index in [2.05, 4.69) is 5.32 Å². The number of hydrogen-bond donors (Lipinski definition) is 2. The van der Waals surface area contributed by atoms with Gasteiger partial charge in [0.15, 0.2) is 0 Å². The summed E-state index contributed by atoms with van der Waals surface area (Å²) in [5, 5.41) is 2.86. The summed E-state index contributed by atoms with van der Waals surface area (Å²) in [6.45, 7) is 7.15. The Morgan fingerprint density at radius 2 is 1.76 bits per heavy atom. The topological polar surface area (TPSA) is 118 Å². The van der Waals surface area contributed by atoms with Crippen molar-refractivity contribution in [1.29, 1.82) is 0 Å². The van der Waals surface area contributed by atoms with Crippen molar-refractivity contribution in [2.75, 3.05) is 17.3 Å². The Bertz CT molecular complexity index is 1580. The van der Waals surface area contributed by atoms with Crippen molar-refractivity contribution in [1.82, 2.24) is 9.47 Å². The van der Waals surface area contributed by atoms with Gasteiger partial charge in [-0.1, -0.05) is 32.0 Å². The van der Waals surface area contributed by atoms with Gasteiger partial charge in [0.25, 0.3) is 17.4 Å². The van der Waals surface area contributed by atoms with E-state index in [4.69, 9.17) is 5.73 Å². The second-order valence-electron chi connectivity index (χ2n) is 9.78. The summed E-state index contributed by atoms with van der Waals surface area (Å²) in [4.78, 5) is 53.5. The molecule has 0 unspecified atom stereocenters. The fourth-order valence-corrected chi connectivity index (χ4v) is 4.45. The van der Waals surface area contributed by atoms with Crippen LogP contribution in [0, 0.1) is 19.7 Å². The van der Waals surface area contributed by atoms with Crippen LogP contribution in [0.5, 0.6) is 0 Å². The lowest BCUT2D eigenvalue weighted by molar-refractivity contribution is -0.143. The van der Waals surface area contributed by atoms with E-state index in [0.29, 0.717) is 5.56 Å². The van der Waals surface area contributed by atoms with Crippen LogP contribution in [-0.4, -0.2) is 40.8 Å². The van der Waals surface area contributed by atoms with E-state index >= 15 is 0 Å². The zero-order valence-electron chi connectivity index (χ0n) is 24.3. The standard InChI is InChI=1S/C28H28F3N5O4.C2H6/c1-15-8-11-21(20(29)12-15)33-23-16(2)25(38)35(4)24(22(23)26(39)34(3)18-9-10-18)36(14-37)19-7-5-6-17(13-19)28(30,31)27(32)40;1-2/h5-8,11-14,18,33H,9-10H2,1-4H3,(H2,32,40);1-2H3. The zero-order valence-corrected chi connectivity index (χ0v) is 24.3. The van der Waals surface area contributed by atoms with Crippen LogP contribution in [0.3, 0.4) is 0 Å². The summed E-state index contributed by atoms with van der Waals surface area (Å²) in [6, 6.07) is 8.60. The Hall–Kier alpha value is -4.61. The number of amides is 3. The third kappa shape index (κ3) is 6.02. The van der Waals surface area contributed by atoms with Crippen molar-refractivity contribution in [3.05, 3.63) is 80.9 Å². The van der Waals surface area contributed by atoms with Gasteiger partial charge in [-0.05, 0) is 56.5 Å². The number of nitrogens with zero attached hydrogens (tertiary/aromatic N) is 3. The van der Waals surface area contributed by atoms with Crippen LogP contribution in [0.4, 0.5) is 36.1 Å². The molecule has 2 aromatic carbocycles. The largest absolute Gasteiger partial charge is 0.364 e. The Labute approximate surface area is 241 Å². The number of aryl methyl sites for hydroxylation is 1. The molecule has 0 radical (unpaired) electrons. The number of carbonyl (C=O) groups excluding carboxylic acids is 3. The van der Waals surface area contributed by atoms with Gasteiger partial charge in [-0.25, -0.2) is 4.39 Å². The third-order valence-corrected chi connectivity index (χ3v) is 6.93. The fraction of sp³-hybridized carbons (Fsp3) is 0.333. The van der Waals surface area contributed by atoms with Gasteiger partial charge in [0.2, 0.25) is 6.41 Å². The van der Waals surface area contributed by atoms with Crippen LogP contribution in [0.15, 0.2) is 47.3 Å². The number of anilines is 4. The third-order valence-electron chi connectivity index (χ3n) is 6.93. The Morgan fingerprint density at radius 3 is 2.31 bits per heavy atom. The van der Waals surface area contributed by atoms with Crippen molar-refractivity contribution in [3.63, 3.8) is 0 Å². The van der Waals surface area contributed by atoms with Crippen molar-refractivity contribution < 1.29 is 27.6 Å². The molecule has 0 spiro atoms. The highest BCUT2D eigenvalue weighted by Gasteiger charge is 2.40. The molecular formula is C30H34F3N5O4. The first-order chi connectivity index (χ1) is 19.8. The van der Waals surface area contributed by atoms with Gasteiger partial charge < -0.3 is 16.0 Å². The molecule has 1 aliphatic rings. The van der Waals surface area contributed by atoms with Gasteiger partial charge in [0.05, 0.1) is 17.1 Å². The molecule has 3 aromatic rings. The summed E-state index contributed by atoms with van der Waals surface area (Å²) < 4.78 is 44.8. The number of rotatable bonds is 9. The van der Waals surface area contributed by atoms with Crippen LogP contribution in [0.2, 0.25) is 0 Å². The van der Waals surface area contributed by atoms with E-state index in [0.717, 1.165) is 34.4 Å². The molecule has 1 saturated carbocycles. The number of carbonyl (C=O) groups is 3. The van der Waals surface area contributed by atoms with E-state index in [-0.39, 0.29) is 46.5 Å². The van der Waals surface area contributed by atoms with Gasteiger partial charge in [-0.15, -0.1) is 0 Å². The van der Waals surface area contributed by atoms with Crippen LogP contribution >= 0.6 is 0 Å². The molecule has 0 saturated heterocycles. The molecule has 9 nitrogen and oxygen atoms in total. The Balaban J connectivity index is 0.00000237. The quantitative estimate of drug-likeness (QED) is 0.342. The van der Waals surface area contributed by atoms with E-state index < -0.39 is 34.7 Å². The number of hydrogen-bond acceptors (Lipinski definition) is 5. The second-order valence-corrected chi connectivity index (χ2v) is 9.78. The fourth-order valence-electron chi connectivity index (χ4n) is 4.45. The molecular weight excluding hydrogens is 551 g/mol. The predicted octanol–water partition coefficient (Wildman–Crippen LogP) is 5.02. The lowest BCUT2D eigenvalue weighted by atomic mass is 10.0. The number of nitrogens with two attached hydrogens (primary N) is 1. The summed E-state index contributed by atoms with van der Waals surface area (Å²) >= 11 is 0. The maximum absolute atomic E-state index is 14.9. The normalized spacial score (nSPS) is 12.6. The number of aromatic nitrogens is 1. The number of benzene rings is 2. The molecule has 42 heavy (non-hydrogen) atoms. The monoisotopic (exact) mass is 585 g/mol. The van der Waals surface area contributed by atoms with Gasteiger partial charge >= 0.3 is 5.92 Å². The number of nitrogens with one attached hydrogen (secondary N) is 1. The van der Waals surface area contributed by atoms with Gasteiger partial charge in [0.1, 0.15) is 17.2 Å². The number of pyridine rings is 1. The van der Waals surface area contributed by atoms with E-state index in [1.54, 1.807) is 20.0 Å². The minimum atomic E-state index is -4.05. The minimum absolute atomic E-state index is 0.0169. The molecule has 1 aliphatic carbocycles. The molecule has 0 atom stereocenters. The van der Waals surface area contributed by atoms with Crippen molar-refractivity contribution >= 4 is 41.1 Å². The predicted molar refractivity (Wildman–Crippen MR) is 155 cm³/mol. The molecule has 3 amide bonds. The summed E-state index contributed by atoms with van der Waals surface area (Å²) in [7, 11) is 2.90. The maximum Gasteiger partial charge on any atom is 0.349 e. The minimum Gasteiger partial charge on any atom is -0.364 e. The molecule has 1 aromatic heterocycles. The molecule has 12 heteroatoms. The number of primary amides is 1. The summed E-state index contributed by atoms with van der Waals surface area (Å²) in [6.07, 6.45) is 1.76. The first-order valence-electron chi connectivity index (χ1n) is 13.4. The molecule has 224 valence electrons. The highest BCUT2D eigenvalue weighted by molar-refractivity contribution is 6.08. The lowest BCUT2D eigenvalue weighted by Crippen LogP contribution is -2.36. The Kier molecular flexibility index (Phi) is 9.50. The van der Waals surface area contributed by atoms with E-state index in [9.17, 15) is 32.3 Å². The maximum atomic E-state index is 14.9. The first-order valence-corrected chi connectivity index (χ1v) is 13.4. The van der Waals surface area contributed by atoms with E-state index in [1.165, 1.54) is 43.1 Å². The average Bonchev–Trinajstić information content (AvgIpc) is 3.82. The number of alkyl halides is 2. The van der Waals surface area contributed by atoms with Crippen LogP contribution in [-0.2, 0) is 22.6 Å². The SMILES string of the molecule is CC.Cc1ccc(Nc2c(C(=O)N(C)C3CC3)c(N(C=O)c3cccc(C(F)(F)C(N)=O)c3)n(C)c(=O)c2C)c(F)c1. The van der Waals surface area contributed by atoms with Crippen LogP contribution in [0.25, 0.3) is 0 Å². The molecule has 4 rings (SSSR count). The number of halogens is 3. The van der Waals surface area contributed by atoms with Gasteiger partial charge in [-0.2, -0.15) is 8.78 Å². The lowest BCUT2D eigenvalue weighted by Gasteiger charge is -2.29. The molecule has 1 heterocycles. The summed E-state index contributed by atoms with van der Waals surface area (Å²) in [5.74, 6) is -7.39. The van der Waals surface area contributed by atoms with E-state index in [1.807, 2.05) is 13.8 Å². The van der Waals surface area contributed by atoms with Gasteiger partial charge in [0, 0.05) is 31.3 Å². The smallest absolute Gasteiger partial charge is 0.349 e. The van der Waals surface area contributed by atoms with Crippen molar-refractivity contribution in [2.45, 2.75) is 52.5 Å². The highest BCUT2D eigenvalue weighted by Crippen LogP contribution is 2.38. The molecule has 0 aliphatic heterocycles. The van der Waals surface area contributed by atoms with Crippen molar-refractivity contribution in [2.24, 2.45) is 12.8 Å². The van der Waals surface area contributed by atoms with Crippen LogP contribution < -0.4 is 21.5 Å². The van der Waals surface area contributed by atoms with Crippen LogP contribution in [0.1, 0.15) is 53.7 Å². The molecule has 0 bridgehead atoms. The zero-order chi connectivity index (χ0) is 31.5. The second kappa shape index (κ2) is 12.5. The van der Waals surface area contributed by atoms with Crippen molar-refractivity contribution in [3.8, 4) is 0 Å². The first kappa shape index (κ1) is 31.9. The average molecular weight is 586 g/mol. The van der Waals surface area contributed by atoms with Gasteiger partial charge in [-0.3, -0.25) is 28.6 Å². The molecule has 3 N–H and O–H groups in total. The summed E-state index contributed by atoms with van der Waals surface area (Å²) in [5.41, 5.74) is 3.81. The molecule has 1 fully saturated rings. The highest BCUT2D eigenvalue weighted by atomic mass is 19.3. The Morgan fingerprint density at radius 1 is 1.12 bits per heavy atom.